The fourth-order valence-electron chi connectivity index (χ4n) is 1.34. The van der Waals surface area contributed by atoms with E-state index in [-0.39, 0.29) is 5.82 Å². The third-order valence-corrected chi connectivity index (χ3v) is 2.45. The first-order chi connectivity index (χ1) is 7.66. The highest BCUT2D eigenvalue weighted by Gasteiger charge is 2.02. The van der Waals surface area contributed by atoms with Crippen molar-refractivity contribution in [2.24, 2.45) is 7.05 Å². The normalized spacial score (nSPS) is 10.4. The summed E-state index contributed by atoms with van der Waals surface area (Å²) in [5, 5.41) is 0. The maximum atomic E-state index is 13.2. The molecule has 0 aliphatic heterocycles. The van der Waals surface area contributed by atoms with E-state index in [0.717, 1.165) is 5.69 Å². The van der Waals surface area contributed by atoms with Crippen LogP contribution in [0.25, 0.3) is 0 Å². The largest absolute Gasteiger partial charge is 0.487 e. The number of imidazole rings is 1. The van der Waals surface area contributed by atoms with E-state index >= 15 is 0 Å². The first-order valence-corrected chi connectivity index (χ1v) is 5.01. The highest BCUT2D eigenvalue weighted by atomic mass is 19.1. The molecule has 0 fully saturated rings. The van der Waals surface area contributed by atoms with Crippen LogP contribution in [-0.2, 0) is 13.7 Å². The number of halogens is 1. The van der Waals surface area contributed by atoms with Crippen LogP contribution in [0.2, 0.25) is 0 Å². The van der Waals surface area contributed by atoms with Gasteiger partial charge in [-0.3, -0.25) is 0 Å². The van der Waals surface area contributed by atoms with E-state index in [2.05, 4.69) is 4.98 Å². The zero-order valence-corrected chi connectivity index (χ0v) is 9.27. The van der Waals surface area contributed by atoms with Crippen molar-refractivity contribution in [1.82, 2.24) is 9.55 Å². The summed E-state index contributed by atoms with van der Waals surface area (Å²) in [6.07, 6.45) is 3.43. The molecule has 0 spiro atoms. The third kappa shape index (κ3) is 2.21. The lowest BCUT2D eigenvalue weighted by molar-refractivity contribution is 0.295. The molecule has 0 atom stereocenters. The summed E-state index contributed by atoms with van der Waals surface area (Å²) >= 11 is 0. The molecule has 1 heterocycles. The van der Waals surface area contributed by atoms with Gasteiger partial charge < -0.3 is 9.30 Å². The van der Waals surface area contributed by atoms with Crippen molar-refractivity contribution < 1.29 is 9.13 Å². The number of nitrogens with zero attached hydrogens (tertiary/aromatic N) is 2. The molecule has 0 N–H and O–H groups in total. The minimum atomic E-state index is -0.248. The van der Waals surface area contributed by atoms with Crippen LogP contribution in [0.4, 0.5) is 4.39 Å². The van der Waals surface area contributed by atoms with Gasteiger partial charge in [-0.05, 0) is 18.6 Å². The number of benzene rings is 1. The van der Waals surface area contributed by atoms with Crippen LogP contribution in [-0.4, -0.2) is 9.55 Å². The van der Waals surface area contributed by atoms with Crippen molar-refractivity contribution in [1.29, 1.82) is 0 Å². The van der Waals surface area contributed by atoms with E-state index in [1.165, 1.54) is 6.07 Å². The molecule has 0 saturated carbocycles. The maximum absolute atomic E-state index is 13.2. The lowest BCUT2D eigenvalue weighted by Gasteiger charge is -2.07. The second-order valence-electron chi connectivity index (χ2n) is 3.70. The van der Waals surface area contributed by atoms with Crippen LogP contribution in [0, 0.1) is 12.7 Å². The fraction of sp³-hybridized carbons (Fsp3) is 0.250. The minimum absolute atomic E-state index is 0.248. The van der Waals surface area contributed by atoms with Crippen LogP contribution in [0.3, 0.4) is 0 Å². The summed E-state index contributed by atoms with van der Waals surface area (Å²) in [7, 11) is 1.89. The summed E-state index contributed by atoms with van der Waals surface area (Å²) in [4.78, 5) is 3.97. The summed E-state index contributed by atoms with van der Waals surface area (Å²) in [5.41, 5.74) is 1.56. The van der Waals surface area contributed by atoms with Gasteiger partial charge in [0.15, 0.2) is 0 Å². The monoisotopic (exact) mass is 220 g/mol. The Morgan fingerprint density at radius 3 is 2.88 bits per heavy atom. The van der Waals surface area contributed by atoms with Gasteiger partial charge in [0.05, 0.1) is 18.2 Å². The van der Waals surface area contributed by atoms with Gasteiger partial charge >= 0.3 is 0 Å². The average Bonchev–Trinajstić information content (AvgIpc) is 2.66. The number of hydrogen-bond acceptors (Lipinski definition) is 2. The molecule has 3 nitrogen and oxygen atoms in total. The smallest absolute Gasteiger partial charge is 0.130 e. The molecule has 0 aliphatic carbocycles. The highest BCUT2D eigenvalue weighted by molar-refractivity contribution is 5.28. The third-order valence-electron chi connectivity index (χ3n) is 2.45. The number of hydrogen-bond donors (Lipinski definition) is 0. The van der Waals surface area contributed by atoms with E-state index in [4.69, 9.17) is 4.74 Å². The maximum Gasteiger partial charge on any atom is 0.130 e. The molecule has 0 bridgehead atoms. The van der Waals surface area contributed by atoms with Crippen molar-refractivity contribution in [2.45, 2.75) is 13.5 Å². The standard InChI is InChI=1S/C12H13FN2O/c1-9-3-4-11(5-12(9)13)16-7-10-6-14-8-15(10)2/h3-6,8H,7H2,1-2H3. The highest BCUT2D eigenvalue weighted by Crippen LogP contribution is 2.16. The molecule has 0 radical (unpaired) electrons. The van der Waals surface area contributed by atoms with Gasteiger partial charge in [0, 0.05) is 13.1 Å². The second-order valence-corrected chi connectivity index (χ2v) is 3.70. The van der Waals surface area contributed by atoms with E-state index in [9.17, 15) is 4.39 Å². The summed E-state index contributed by atoms with van der Waals surface area (Å²) in [5.74, 6) is 0.284. The van der Waals surface area contributed by atoms with Crippen molar-refractivity contribution in [3.8, 4) is 5.75 Å². The SMILES string of the molecule is Cc1ccc(OCc2cncn2C)cc1F. The van der Waals surface area contributed by atoms with Crippen LogP contribution >= 0.6 is 0 Å². The molecular weight excluding hydrogens is 207 g/mol. The Labute approximate surface area is 93.5 Å². The summed E-state index contributed by atoms with van der Waals surface area (Å²) < 4.78 is 20.6. The Balaban J connectivity index is 2.05. The van der Waals surface area contributed by atoms with Crippen LogP contribution in [0.15, 0.2) is 30.7 Å². The number of rotatable bonds is 3. The van der Waals surface area contributed by atoms with Gasteiger partial charge in [0.1, 0.15) is 18.2 Å². The van der Waals surface area contributed by atoms with E-state index in [1.807, 2.05) is 11.6 Å². The Morgan fingerprint density at radius 1 is 1.44 bits per heavy atom. The zero-order valence-electron chi connectivity index (χ0n) is 9.27. The quantitative estimate of drug-likeness (QED) is 0.794. The van der Waals surface area contributed by atoms with Gasteiger partial charge in [-0.25, -0.2) is 9.37 Å². The van der Waals surface area contributed by atoms with Gasteiger partial charge in [-0.1, -0.05) is 6.07 Å². The molecule has 0 unspecified atom stereocenters. The molecule has 16 heavy (non-hydrogen) atoms. The Bertz CT molecular complexity index is 494. The molecule has 84 valence electrons. The fourth-order valence-corrected chi connectivity index (χ4v) is 1.34. The van der Waals surface area contributed by atoms with E-state index in [0.29, 0.717) is 17.9 Å². The molecule has 2 aromatic rings. The van der Waals surface area contributed by atoms with Crippen LogP contribution in [0.1, 0.15) is 11.3 Å². The van der Waals surface area contributed by atoms with Crippen molar-refractivity contribution >= 4 is 0 Å². The van der Waals surface area contributed by atoms with E-state index < -0.39 is 0 Å². The Hall–Kier alpha value is -1.84. The lowest BCUT2D eigenvalue weighted by atomic mass is 10.2. The van der Waals surface area contributed by atoms with Crippen molar-refractivity contribution in [3.63, 3.8) is 0 Å². The molecule has 1 aromatic heterocycles. The molecule has 0 amide bonds. The molecule has 0 saturated heterocycles. The Kier molecular flexibility index (Phi) is 2.90. The zero-order chi connectivity index (χ0) is 11.5. The first-order valence-electron chi connectivity index (χ1n) is 5.01. The first kappa shape index (κ1) is 10.7. The minimum Gasteiger partial charge on any atom is -0.487 e. The summed E-state index contributed by atoms with van der Waals surface area (Å²) in [6, 6.07) is 4.86. The van der Waals surface area contributed by atoms with Gasteiger partial charge in [-0.15, -0.1) is 0 Å². The number of ether oxygens (including phenoxy) is 1. The van der Waals surface area contributed by atoms with Gasteiger partial charge in [-0.2, -0.15) is 0 Å². The summed E-state index contributed by atoms with van der Waals surface area (Å²) in [6.45, 7) is 2.11. The van der Waals surface area contributed by atoms with Crippen LogP contribution in [0.5, 0.6) is 5.75 Å². The van der Waals surface area contributed by atoms with Crippen molar-refractivity contribution in [2.75, 3.05) is 0 Å². The van der Waals surface area contributed by atoms with Gasteiger partial charge in [0.25, 0.3) is 0 Å². The molecule has 4 heteroatoms. The molecule has 1 aromatic carbocycles. The topological polar surface area (TPSA) is 27.1 Å². The predicted molar refractivity (Wildman–Crippen MR) is 58.7 cm³/mol. The van der Waals surface area contributed by atoms with E-state index in [1.54, 1.807) is 31.6 Å². The number of aromatic nitrogens is 2. The lowest BCUT2D eigenvalue weighted by Crippen LogP contribution is -2.01. The van der Waals surface area contributed by atoms with Crippen LogP contribution < -0.4 is 4.74 Å². The van der Waals surface area contributed by atoms with Gasteiger partial charge in [0.2, 0.25) is 0 Å². The predicted octanol–water partition coefficient (Wildman–Crippen LogP) is 2.45. The second kappa shape index (κ2) is 4.35. The number of aryl methyl sites for hydroxylation is 2. The van der Waals surface area contributed by atoms with Crippen molar-refractivity contribution in [3.05, 3.63) is 47.8 Å². The molecular formula is C12H13FN2O. The Morgan fingerprint density at radius 2 is 2.25 bits per heavy atom. The molecule has 2 rings (SSSR count). The average molecular weight is 220 g/mol. The molecule has 0 aliphatic rings.